The van der Waals surface area contributed by atoms with Crippen LogP contribution < -0.4 is 9.47 Å². The maximum absolute atomic E-state index is 13.3. The standard InChI is InChI=1S/C32H51NO7Si/c1-23(30(24(2)31(34)33(6)37-9)39-21-26-14-18-28(36-8)19-15-26)29(40-41(10,11)32(3,4)5)22-38-20-25-12-16-27(35-7)17-13-25/h12-19,23-24,29-30H,20-22H2,1-11H3/t23-,24-,29+,30-/m0/s1. The first-order valence-corrected chi connectivity index (χ1v) is 17.1. The van der Waals surface area contributed by atoms with Gasteiger partial charge in [0.1, 0.15) is 11.5 Å². The Labute approximate surface area is 248 Å². The van der Waals surface area contributed by atoms with Crippen LogP contribution in [0.1, 0.15) is 45.7 Å². The fourth-order valence-electron chi connectivity index (χ4n) is 4.26. The maximum Gasteiger partial charge on any atom is 0.251 e. The van der Waals surface area contributed by atoms with Crippen LogP contribution in [0.5, 0.6) is 11.5 Å². The number of carbonyl (C=O) groups is 1. The second-order valence-corrected chi connectivity index (χ2v) is 16.8. The zero-order valence-corrected chi connectivity index (χ0v) is 27.9. The van der Waals surface area contributed by atoms with E-state index in [1.54, 1.807) is 21.3 Å². The summed E-state index contributed by atoms with van der Waals surface area (Å²) in [6, 6.07) is 15.6. The number of benzene rings is 2. The molecule has 2 aromatic rings. The second kappa shape index (κ2) is 15.7. The lowest BCUT2D eigenvalue weighted by Gasteiger charge is -2.43. The van der Waals surface area contributed by atoms with Crippen LogP contribution in [0, 0.1) is 11.8 Å². The largest absolute Gasteiger partial charge is 0.497 e. The van der Waals surface area contributed by atoms with Gasteiger partial charge in [0.2, 0.25) is 0 Å². The van der Waals surface area contributed by atoms with Crippen LogP contribution in [0.15, 0.2) is 48.5 Å². The summed E-state index contributed by atoms with van der Waals surface area (Å²) in [5, 5.41) is 1.25. The van der Waals surface area contributed by atoms with Gasteiger partial charge in [-0.3, -0.25) is 9.63 Å². The first kappa shape index (κ1) is 34.8. The second-order valence-electron chi connectivity index (χ2n) is 12.1. The third-order valence-corrected chi connectivity index (χ3v) is 12.6. The SMILES string of the molecule is COc1ccc(COC[C@@H](O[Si](C)(C)C(C)(C)C)[C@H](C)[C@H](OCc2ccc(OC)cc2)[C@H](C)C(=O)N(C)OC)cc1. The summed E-state index contributed by atoms with van der Waals surface area (Å²) in [6.45, 7) is 16.2. The normalized spacial score (nSPS) is 15.1. The minimum atomic E-state index is -2.19. The van der Waals surface area contributed by atoms with E-state index in [1.165, 1.54) is 12.2 Å². The first-order valence-electron chi connectivity index (χ1n) is 14.2. The molecular formula is C32H51NO7Si. The van der Waals surface area contributed by atoms with Gasteiger partial charge >= 0.3 is 0 Å². The third kappa shape index (κ3) is 10.1. The molecule has 4 atom stereocenters. The molecule has 2 aromatic carbocycles. The highest BCUT2D eigenvalue weighted by molar-refractivity contribution is 6.74. The number of carbonyl (C=O) groups excluding carboxylic acids is 1. The highest BCUT2D eigenvalue weighted by atomic mass is 28.4. The predicted molar refractivity (Wildman–Crippen MR) is 164 cm³/mol. The molecule has 8 nitrogen and oxygen atoms in total. The molecule has 0 N–H and O–H groups in total. The van der Waals surface area contributed by atoms with E-state index in [0.717, 1.165) is 22.6 Å². The molecule has 9 heteroatoms. The first-order chi connectivity index (χ1) is 19.2. The van der Waals surface area contributed by atoms with Gasteiger partial charge in [-0.2, -0.15) is 0 Å². The average Bonchev–Trinajstić information content (AvgIpc) is 2.95. The number of methoxy groups -OCH3 is 2. The zero-order chi connectivity index (χ0) is 30.8. The molecule has 0 aliphatic heterocycles. The van der Waals surface area contributed by atoms with Crippen molar-refractivity contribution in [1.29, 1.82) is 0 Å². The van der Waals surface area contributed by atoms with Crippen LogP contribution in [0.2, 0.25) is 18.1 Å². The number of ether oxygens (including phenoxy) is 4. The Hall–Kier alpha value is -2.43. The van der Waals surface area contributed by atoms with Gasteiger partial charge in [-0.25, -0.2) is 5.06 Å². The Balaban J connectivity index is 2.33. The molecule has 0 saturated heterocycles. The van der Waals surface area contributed by atoms with E-state index in [9.17, 15) is 4.79 Å². The van der Waals surface area contributed by atoms with Crippen LogP contribution in [-0.4, -0.2) is 66.5 Å². The molecule has 0 unspecified atom stereocenters. The molecule has 0 aromatic heterocycles. The Morgan fingerprint density at radius 1 is 0.854 bits per heavy atom. The summed E-state index contributed by atoms with van der Waals surface area (Å²) in [7, 11) is 4.20. The van der Waals surface area contributed by atoms with Crippen molar-refractivity contribution in [3.63, 3.8) is 0 Å². The molecule has 1 amide bonds. The van der Waals surface area contributed by atoms with Gasteiger partial charge in [0.25, 0.3) is 5.91 Å². The van der Waals surface area contributed by atoms with Crippen molar-refractivity contribution in [3.8, 4) is 11.5 Å². The average molecular weight is 590 g/mol. The molecule has 0 aliphatic rings. The molecule has 0 spiro atoms. The highest BCUT2D eigenvalue weighted by Crippen LogP contribution is 2.39. The molecular weight excluding hydrogens is 538 g/mol. The summed E-state index contributed by atoms with van der Waals surface area (Å²) >= 11 is 0. The summed E-state index contributed by atoms with van der Waals surface area (Å²) in [5.41, 5.74) is 2.03. The van der Waals surface area contributed by atoms with Crippen molar-refractivity contribution in [1.82, 2.24) is 5.06 Å². The van der Waals surface area contributed by atoms with Crippen LogP contribution >= 0.6 is 0 Å². The Morgan fingerprint density at radius 3 is 1.78 bits per heavy atom. The molecule has 0 aliphatic carbocycles. The summed E-state index contributed by atoms with van der Waals surface area (Å²) in [5.74, 6) is 0.769. The Bertz CT molecular complexity index is 1050. The molecule has 41 heavy (non-hydrogen) atoms. The van der Waals surface area contributed by atoms with Crippen molar-refractivity contribution < 1.29 is 33.0 Å². The van der Waals surface area contributed by atoms with Crippen LogP contribution in [-0.2, 0) is 36.7 Å². The van der Waals surface area contributed by atoms with Gasteiger partial charge in [0.15, 0.2) is 8.32 Å². The quantitative estimate of drug-likeness (QED) is 0.164. The van der Waals surface area contributed by atoms with E-state index < -0.39 is 20.3 Å². The smallest absolute Gasteiger partial charge is 0.251 e. The van der Waals surface area contributed by atoms with E-state index in [0.29, 0.717) is 19.8 Å². The van der Waals surface area contributed by atoms with Crippen molar-refractivity contribution in [2.75, 3.05) is 35.0 Å². The van der Waals surface area contributed by atoms with Crippen LogP contribution in [0.4, 0.5) is 0 Å². The van der Waals surface area contributed by atoms with Crippen molar-refractivity contribution in [2.24, 2.45) is 11.8 Å². The van der Waals surface area contributed by atoms with Gasteiger partial charge in [-0.05, 0) is 53.5 Å². The number of rotatable bonds is 16. The van der Waals surface area contributed by atoms with Gasteiger partial charge in [-0.1, -0.05) is 58.9 Å². The minimum absolute atomic E-state index is 0.00188. The lowest BCUT2D eigenvalue weighted by Crippen LogP contribution is -2.51. The van der Waals surface area contributed by atoms with Crippen molar-refractivity contribution in [3.05, 3.63) is 59.7 Å². The third-order valence-electron chi connectivity index (χ3n) is 8.13. The summed E-state index contributed by atoms with van der Waals surface area (Å²) in [4.78, 5) is 18.5. The van der Waals surface area contributed by atoms with Gasteiger partial charge in [-0.15, -0.1) is 0 Å². The van der Waals surface area contributed by atoms with Crippen LogP contribution in [0.3, 0.4) is 0 Å². The number of nitrogens with zero attached hydrogens (tertiary/aromatic N) is 1. The van der Waals surface area contributed by atoms with Crippen molar-refractivity contribution in [2.45, 2.75) is 78.2 Å². The zero-order valence-electron chi connectivity index (χ0n) is 26.9. The molecule has 2 rings (SSSR count). The topological polar surface area (TPSA) is 75.7 Å². The maximum atomic E-state index is 13.3. The lowest BCUT2D eigenvalue weighted by atomic mass is 9.88. The molecule has 0 heterocycles. The van der Waals surface area contributed by atoms with E-state index in [4.69, 9.17) is 28.2 Å². The fraction of sp³-hybridized carbons (Fsp3) is 0.594. The summed E-state index contributed by atoms with van der Waals surface area (Å²) in [6.07, 6.45) is -0.750. The number of amides is 1. The number of hydrogen-bond donors (Lipinski definition) is 0. The van der Waals surface area contributed by atoms with Crippen molar-refractivity contribution >= 4 is 14.2 Å². The minimum Gasteiger partial charge on any atom is -0.497 e. The Kier molecular flexibility index (Phi) is 13.3. The lowest BCUT2D eigenvalue weighted by molar-refractivity contribution is -0.181. The monoisotopic (exact) mass is 589 g/mol. The summed E-state index contributed by atoms with van der Waals surface area (Å²) < 4.78 is 30.3. The number of hydrogen-bond acceptors (Lipinski definition) is 7. The molecule has 0 radical (unpaired) electrons. The van der Waals surface area contributed by atoms with E-state index in [-0.39, 0.29) is 23.0 Å². The Morgan fingerprint density at radius 2 is 1.34 bits per heavy atom. The van der Waals surface area contributed by atoms with Gasteiger partial charge < -0.3 is 23.4 Å². The van der Waals surface area contributed by atoms with E-state index in [2.05, 4.69) is 40.8 Å². The number of hydroxylamine groups is 2. The predicted octanol–water partition coefficient (Wildman–Crippen LogP) is 6.49. The highest BCUT2D eigenvalue weighted by Gasteiger charge is 2.43. The van der Waals surface area contributed by atoms with Crippen LogP contribution in [0.25, 0.3) is 0 Å². The molecule has 0 bridgehead atoms. The van der Waals surface area contributed by atoms with E-state index in [1.807, 2.05) is 55.5 Å². The molecule has 0 saturated carbocycles. The van der Waals surface area contributed by atoms with Gasteiger partial charge in [0.05, 0.1) is 59.3 Å². The molecule has 0 fully saturated rings. The van der Waals surface area contributed by atoms with E-state index >= 15 is 0 Å². The van der Waals surface area contributed by atoms with Gasteiger partial charge in [0, 0.05) is 13.0 Å². The molecule has 230 valence electrons. The fourth-order valence-corrected chi connectivity index (χ4v) is 5.65.